The molecule has 2 nitrogen and oxygen atoms in total. The first kappa shape index (κ1) is 15.0. The molecule has 0 aromatic heterocycles. The highest BCUT2D eigenvalue weighted by atomic mass is 16.5. The number of rotatable bonds is 7. The SMILES string of the molecule is C=CCC[C@@]1(COCc2ccccc2)CCCCC1=O. The maximum absolute atomic E-state index is 12.4. The van der Waals surface area contributed by atoms with Gasteiger partial charge in [-0.15, -0.1) is 6.58 Å². The Hall–Kier alpha value is -1.41. The second-order valence-electron chi connectivity index (χ2n) is 5.72. The first-order chi connectivity index (χ1) is 9.77. The van der Waals surface area contributed by atoms with Gasteiger partial charge >= 0.3 is 0 Å². The van der Waals surface area contributed by atoms with E-state index < -0.39 is 0 Å². The van der Waals surface area contributed by atoms with Gasteiger partial charge in [-0.25, -0.2) is 0 Å². The largest absolute Gasteiger partial charge is 0.376 e. The van der Waals surface area contributed by atoms with Gasteiger partial charge in [0, 0.05) is 6.42 Å². The molecule has 0 radical (unpaired) electrons. The van der Waals surface area contributed by atoms with E-state index in [-0.39, 0.29) is 5.41 Å². The van der Waals surface area contributed by atoms with Gasteiger partial charge in [-0.05, 0) is 31.2 Å². The molecule has 1 aliphatic rings. The third-order valence-corrected chi connectivity index (χ3v) is 4.22. The Labute approximate surface area is 121 Å². The zero-order chi connectivity index (χ0) is 14.3. The third-order valence-electron chi connectivity index (χ3n) is 4.22. The molecule has 20 heavy (non-hydrogen) atoms. The van der Waals surface area contributed by atoms with Crippen LogP contribution in [-0.2, 0) is 16.1 Å². The summed E-state index contributed by atoms with van der Waals surface area (Å²) in [6.45, 7) is 4.91. The molecular weight excluding hydrogens is 248 g/mol. The van der Waals surface area contributed by atoms with Gasteiger partial charge in [0.1, 0.15) is 5.78 Å². The smallest absolute Gasteiger partial charge is 0.141 e. The van der Waals surface area contributed by atoms with Crippen molar-refractivity contribution in [2.75, 3.05) is 6.61 Å². The van der Waals surface area contributed by atoms with Crippen molar-refractivity contribution < 1.29 is 9.53 Å². The van der Waals surface area contributed by atoms with E-state index in [0.717, 1.165) is 37.7 Å². The lowest BCUT2D eigenvalue weighted by atomic mass is 9.70. The minimum atomic E-state index is -0.263. The lowest BCUT2D eigenvalue weighted by molar-refractivity contribution is -0.136. The van der Waals surface area contributed by atoms with Crippen molar-refractivity contribution in [3.63, 3.8) is 0 Å². The molecule has 0 spiro atoms. The van der Waals surface area contributed by atoms with Crippen molar-refractivity contribution in [1.82, 2.24) is 0 Å². The average Bonchev–Trinajstić information content (AvgIpc) is 2.49. The summed E-state index contributed by atoms with van der Waals surface area (Å²) in [6, 6.07) is 10.1. The van der Waals surface area contributed by atoms with Crippen molar-refractivity contribution in [2.45, 2.75) is 45.1 Å². The molecule has 1 fully saturated rings. The predicted molar refractivity (Wildman–Crippen MR) is 81.4 cm³/mol. The average molecular weight is 272 g/mol. The van der Waals surface area contributed by atoms with E-state index in [1.807, 2.05) is 24.3 Å². The summed E-state index contributed by atoms with van der Waals surface area (Å²) in [5.74, 6) is 0.388. The minimum Gasteiger partial charge on any atom is -0.376 e. The Morgan fingerprint density at radius 2 is 2.05 bits per heavy atom. The van der Waals surface area contributed by atoms with Crippen molar-refractivity contribution in [2.24, 2.45) is 5.41 Å². The van der Waals surface area contributed by atoms with Crippen molar-refractivity contribution >= 4 is 5.78 Å². The van der Waals surface area contributed by atoms with E-state index in [4.69, 9.17) is 4.74 Å². The molecule has 0 amide bonds. The Morgan fingerprint density at radius 3 is 2.75 bits per heavy atom. The fraction of sp³-hybridized carbons (Fsp3) is 0.500. The quantitative estimate of drug-likeness (QED) is 0.692. The zero-order valence-corrected chi connectivity index (χ0v) is 12.1. The van der Waals surface area contributed by atoms with Crippen LogP contribution in [-0.4, -0.2) is 12.4 Å². The number of ether oxygens (including phenoxy) is 1. The summed E-state index contributed by atoms with van der Waals surface area (Å²) < 4.78 is 5.87. The molecule has 108 valence electrons. The van der Waals surface area contributed by atoms with Gasteiger partial charge in [-0.3, -0.25) is 4.79 Å². The van der Waals surface area contributed by atoms with Crippen LogP contribution in [0.2, 0.25) is 0 Å². The summed E-state index contributed by atoms with van der Waals surface area (Å²) in [6.07, 6.45) is 7.52. The lowest BCUT2D eigenvalue weighted by Crippen LogP contribution is -2.38. The molecule has 1 aliphatic carbocycles. The lowest BCUT2D eigenvalue weighted by Gasteiger charge is -2.35. The molecule has 0 saturated heterocycles. The number of hydrogen-bond donors (Lipinski definition) is 0. The second kappa shape index (κ2) is 7.39. The summed E-state index contributed by atoms with van der Waals surface area (Å²) in [5.41, 5.74) is 0.899. The monoisotopic (exact) mass is 272 g/mol. The Balaban J connectivity index is 1.93. The first-order valence-electron chi connectivity index (χ1n) is 7.53. The first-order valence-corrected chi connectivity index (χ1v) is 7.53. The van der Waals surface area contributed by atoms with E-state index in [1.165, 1.54) is 0 Å². The molecule has 0 aliphatic heterocycles. The summed E-state index contributed by atoms with van der Waals surface area (Å²) >= 11 is 0. The number of benzene rings is 1. The molecular formula is C18H24O2. The fourth-order valence-electron chi connectivity index (χ4n) is 2.96. The van der Waals surface area contributed by atoms with E-state index in [9.17, 15) is 4.79 Å². The Morgan fingerprint density at radius 1 is 1.25 bits per heavy atom. The summed E-state index contributed by atoms with van der Waals surface area (Å²) in [5, 5.41) is 0. The maximum atomic E-state index is 12.4. The van der Waals surface area contributed by atoms with Crippen LogP contribution in [0, 0.1) is 5.41 Å². The molecule has 1 aromatic carbocycles. The number of allylic oxidation sites excluding steroid dienone is 1. The molecule has 2 heteroatoms. The Kier molecular flexibility index (Phi) is 5.54. The van der Waals surface area contributed by atoms with Gasteiger partial charge in [-0.2, -0.15) is 0 Å². The number of hydrogen-bond acceptors (Lipinski definition) is 2. The molecule has 1 saturated carbocycles. The predicted octanol–water partition coefficient (Wildman–Crippen LogP) is 4.30. The molecule has 1 aromatic rings. The molecule has 0 bridgehead atoms. The van der Waals surface area contributed by atoms with Crippen LogP contribution in [0.25, 0.3) is 0 Å². The van der Waals surface area contributed by atoms with Crippen LogP contribution < -0.4 is 0 Å². The van der Waals surface area contributed by atoms with Gasteiger partial charge < -0.3 is 4.74 Å². The summed E-state index contributed by atoms with van der Waals surface area (Å²) in [4.78, 5) is 12.4. The van der Waals surface area contributed by atoms with Crippen LogP contribution in [0.15, 0.2) is 43.0 Å². The highest BCUT2D eigenvalue weighted by molar-refractivity contribution is 5.85. The van der Waals surface area contributed by atoms with Gasteiger partial charge in [-0.1, -0.05) is 42.8 Å². The standard InChI is InChI=1S/C18H24O2/c1-2-3-12-18(13-8-7-11-17(18)19)15-20-14-16-9-5-4-6-10-16/h2,4-6,9-10H,1,3,7-8,11-15H2/t18-/m0/s1. The van der Waals surface area contributed by atoms with E-state index >= 15 is 0 Å². The van der Waals surface area contributed by atoms with Gasteiger partial charge in [0.2, 0.25) is 0 Å². The van der Waals surface area contributed by atoms with Crippen LogP contribution in [0.3, 0.4) is 0 Å². The highest BCUT2D eigenvalue weighted by Gasteiger charge is 2.39. The van der Waals surface area contributed by atoms with Crippen LogP contribution in [0.1, 0.15) is 44.1 Å². The third kappa shape index (κ3) is 3.80. The van der Waals surface area contributed by atoms with Crippen LogP contribution in [0.4, 0.5) is 0 Å². The molecule has 2 rings (SSSR count). The van der Waals surface area contributed by atoms with Crippen LogP contribution >= 0.6 is 0 Å². The van der Waals surface area contributed by atoms with Gasteiger partial charge in [0.05, 0.1) is 18.6 Å². The van der Waals surface area contributed by atoms with E-state index in [1.54, 1.807) is 0 Å². The van der Waals surface area contributed by atoms with E-state index in [0.29, 0.717) is 25.4 Å². The molecule has 0 N–H and O–H groups in total. The van der Waals surface area contributed by atoms with Crippen molar-refractivity contribution in [3.8, 4) is 0 Å². The zero-order valence-electron chi connectivity index (χ0n) is 12.1. The fourth-order valence-corrected chi connectivity index (χ4v) is 2.96. The number of Topliss-reactive ketones (excluding diaryl/α,β-unsaturated/α-hetero) is 1. The van der Waals surface area contributed by atoms with E-state index in [2.05, 4.69) is 18.7 Å². The number of carbonyl (C=O) groups excluding carboxylic acids is 1. The molecule has 0 heterocycles. The molecule has 1 atom stereocenters. The topological polar surface area (TPSA) is 26.3 Å². The second-order valence-corrected chi connectivity index (χ2v) is 5.72. The van der Waals surface area contributed by atoms with Crippen molar-refractivity contribution in [3.05, 3.63) is 48.6 Å². The summed E-state index contributed by atoms with van der Waals surface area (Å²) in [7, 11) is 0. The number of ketones is 1. The maximum Gasteiger partial charge on any atom is 0.141 e. The highest BCUT2D eigenvalue weighted by Crippen LogP contribution is 2.38. The van der Waals surface area contributed by atoms with Crippen molar-refractivity contribution in [1.29, 1.82) is 0 Å². The van der Waals surface area contributed by atoms with Gasteiger partial charge in [0.15, 0.2) is 0 Å². The normalized spacial score (nSPS) is 22.7. The minimum absolute atomic E-state index is 0.263. The van der Waals surface area contributed by atoms with Gasteiger partial charge in [0.25, 0.3) is 0 Å². The molecule has 0 unspecified atom stereocenters. The number of carbonyl (C=O) groups is 1. The van der Waals surface area contributed by atoms with Crippen LogP contribution in [0.5, 0.6) is 0 Å². The Bertz CT molecular complexity index is 438.